The SMILES string of the molecule is COC1(OC)CC(C(=O)O)C1. The lowest BCUT2D eigenvalue weighted by Gasteiger charge is -2.42. The fraction of sp³-hybridized carbons (Fsp3) is 0.857. The van der Waals surface area contributed by atoms with Crippen molar-refractivity contribution < 1.29 is 19.4 Å². The zero-order valence-electron chi connectivity index (χ0n) is 6.66. The first-order chi connectivity index (χ1) is 5.13. The molecule has 0 aromatic carbocycles. The van der Waals surface area contributed by atoms with Crippen LogP contribution in [-0.2, 0) is 14.3 Å². The van der Waals surface area contributed by atoms with E-state index in [1.165, 1.54) is 14.2 Å². The van der Waals surface area contributed by atoms with Crippen LogP contribution in [0.5, 0.6) is 0 Å². The Bertz CT molecular complexity index is 154. The Morgan fingerprint density at radius 1 is 1.45 bits per heavy atom. The number of aliphatic carboxylic acids is 1. The maximum absolute atomic E-state index is 10.4. The van der Waals surface area contributed by atoms with Gasteiger partial charge in [-0.2, -0.15) is 0 Å². The molecular weight excluding hydrogens is 148 g/mol. The highest BCUT2D eigenvalue weighted by atomic mass is 16.7. The van der Waals surface area contributed by atoms with Gasteiger partial charge >= 0.3 is 5.97 Å². The molecule has 0 saturated heterocycles. The molecule has 1 N–H and O–H groups in total. The molecule has 0 bridgehead atoms. The first-order valence-corrected chi connectivity index (χ1v) is 3.46. The second-order valence-electron chi connectivity index (χ2n) is 2.76. The van der Waals surface area contributed by atoms with E-state index in [0.29, 0.717) is 12.8 Å². The maximum atomic E-state index is 10.4. The van der Waals surface area contributed by atoms with Crippen LogP contribution in [0.25, 0.3) is 0 Å². The van der Waals surface area contributed by atoms with Crippen molar-refractivity contribution in [1.82, 2.24) is 0 Å². The number of carboxylic acid groups (broad SMARTS) is 1. The molecule has 0 atom stereocenters. The molecule has 0 spiro atoms. The number of hydrogen-bond donors (Lipinski definition) is 1. The Labute approximate surface area is 65.1 Å². The number of methoxy groups -OCH3 is 2. The van der Waals surface area contributed by atoms with Gasteiger partial charge in [-0.15, -0.1) is 0 Å². The molecule has 0 amide bonds. The highest BCUT2D eigenvalue weighted by Gasteiger charge is 2.48. The standard InChI is InChI=1S/C7H12O4/c1-10-7(11-2)3-5(4-7)6(8)9/h5H,3-4H2,1-2H3,(H,8,9). The summed E-state index contributed by atoms with van der Waals surface area (Å²) in [5, 5.41) is 8.55. The van der Waals surface area contributed by atoms with Gasteiger partial charge in [0.2, 0.25) is 0 Å². The molecule has 1 aliphatic carbocycles. The van der Waals surface area contributed by atoms with Crippen molar-refractivity contribution in [2.45, 2.75) is 18.6 Å². The molecule has 4 heteroatoms. The van der Waals surface area contributed by atoms with Gasteiger partial charge in [-0.3, -0.25) is 4.79 Å². The summed E-state index contributed by atoms with van der Waals surface area (Å²) in [7, 11) is 3.06. The van der Waals surface area contributed by atoms with Crippen molar-refractivity contribution in [3.05, 3.63) is 0 Å². The first-order valence-electron chi connectivity index (χ1n) is 3.46. The minimum Gasteiger partial charge on any atom is -0.481 e. The molecule has 0 aliphatic heterocycles. The molecule has 1 saturated carbocycles. The van der Waals surface area contributed by atoms with E-state index in [2.05, 4.69) is 0 Å². The monoisotopic (exact) mass is 160 g/mol. The zero-order chi connectivity index (χ0) is 8.48. The third kappa shape index (κ3) is 1.36. The van der Waals surface area contributed by atoms with Gasteiger partial charge in [0.05, 0.1) is 5.92 Å². The number of rotatable bonds is 3. The molecule has 11 heavy (non-hydrogen) atoms. The third-order valence-electron chi connectivity index (χ3n) is 2.21. The van der Waals surface area contributed by atoms with E-state index in [0.717, 1.165) is 0 Å². The number of carboxylic acids is 1. The van der Waals surface area contributed by atoms with Crippen molar-refractivity contribution in [3.63, 3.8) is 0 Å². The average molecular weight is 160 g/mol. The van der Waals surface area contributed by atoms with Crippen LogP contribution < -0.4 is 0 Å². The zero-order valence-corrected chi connectivity index (χ0v) is 6.66. The van der Waals surface area contributed by atoms with Gasteiger partial charge in [-0.25, -0.2) is 0 Å². The molecule has 1 aliphatic rings. The van der Waals surface area contributed by atoms with E-state index in [9.17, 15) is 4.79 Å². The summed E-state index contributed by atoms with van der Waals surface area (Å²) < 4.78 is 10.0. The molecule has 0 aromatic heterocycles. The fourth-order valence-electron chi connectivity index (χ4n) is 1.28. The Morgan fingerprint density at radius 3 is 2.18 bits per heavy atom. The van der Waals surface area contributed by atoms with Crippen LogP contribution in [0.2, 0.25) is 0 Å². The highest BCUT2D eigenvalue weighted by Crippen LogP contribution is 2.40. The van der Waals surface area contributed by atoms with Crippen molar-refractivity contribution in [1.29, 1.82) is 0 Å². The molecule has 64 valence electrons. The lowest BCUT2D eigenvalue weighted by atomic mass is 9.79. The van der Waals surface area contributed by atoms with Crippen LogP contribution in [0.1, 0.15) is 12.8 Å². The molecule has 1 rings (SSSR count). The molecule has 4 nitrogen and oxygen atoms in total. The van der Waals surface area contributed by atoms with Crippen molar-refractivity contribution >= 4 is 5.97 Å². The number of ether oxygens (including phenoxy) is 2. The molecule has 0 unspecified atom stereocenters. The lowest BCUT2D eigenvalue weighted by Crippen LogP contribution is -2.49. The Balaban J connectivity index is 2.41. The van der Waals surface area contributed by atoms with E-state index >= 15 is 0 Å². The summed E-state index contributed by atoms with van der Waals surface area (Å²) in [6, 6.07) is 0. The number of carbonyl (C=O) groups is 1. The first kappa shape index (κ1) is 8.49. The molecule has 0 radical (unpaired) electrons. The van der Waals surface area contributed by atoms with Crippen molar-refractivity contribution in [3.8, 4) is 0 Å². The van der Waals surface area contributed by atoms with Gasteiger partial charge in [-0.1, -0.05) is 0 Å². The Hall–Kier alpha value is -0.610. The van der Waals surface area contributed by atoms with Gasteiger partial charge < -0.3 is 14.6 Å². The lowest BCUT2D eigenvalue weighted by molar-refractivity contribution is -0.269. The predicted octanol–water partition coefficient (Wildman–Crippen LogP) is 0.470. The highest BCUT2D eigenvalue weighted by molar-refractivity contribution is 5.71. The summed E-state index contributed by atoms with van der Waals surface area (Å²) in [6.45, 7) is 0. The number of hydrogen-bond acceptors (Lipinski definition) is 3. The average Bonchev–Trinajstić information content (AvgIpc) is 1.87. The summed E-state index contributed by atoms with van der Waals surface area (Å²) in [5.41, 5.74) is 0. The molecule has 0 heterocycles. The van der Waals surface area contributed by atoms with Gasteiger partial charge in [0.15, 0.2) is 5.79 Å². The van der Waals surface area contributed by atoms with Crippen LogP contribution in [0.15, 0.2) is 0 Å². The van der Waals surface area contributed by atoms with Gasteiger partial charge in [0, 0.05) is 27.1 Å². The normalized spacial score (nSPS) is 22.7. The van der Waals surface area contributed by atoms with Crippen molar-refractivity contribution in [2.75, 3.05) is 14.2 Å². The van der Waals surface area contributed by atoms with E-state index in [-0.39, 0.29) is 5.92 Å². The Kier molecular flexibility index (Phi) is 2.15. The van der Waals surface area contributed by atoms with Crippen LogP contribution >= 0.6 is 0 Å². The second-order valence-corrected chi connectivity index (χ2v) is 2.76. The van der Waals surface area contributed by atoms with Crippen LogP contribution in [0, 0.1) is 5.92 Å². The predicted molar refractivity (Wildman–Crippen MR) is 37.1 cm³/mol. The second kappa shape index (κ2) is 2.79. The summed E-state index contributed by atoms with van der Waals surface area (Å²) in [6.07, 6.45) is 0.907. The van der Waals surface area contributed by atoms with Gasteiger partial charge in [0.25, 0.3) is 0 Å². The smallest absolute Gasteiger partial charge is 0.306 e. The van der Waals surface area contributed by atoms with Crippen LogP contribution in [0.4, 0.5) is 0 Å². The molecule has 1 fully saturated rings. The quantitative estimate of drug-likeness (QED) is 0.610. The van der Waals surface area contributed by atoms with Crippen LogP contribution in [0.3, 0.4) is 0 Å². The topological polar surface area (TPSA) is 55.8 Å². The minimum absolute atomic E-state index is 0.296. The summed E-state index contributed by atoms with van der Waals surface area (Å²) in [5.74, 6) is -1.69. The van der Waals surface area contributed by atoms with E-state index < -0.39 is 11.8 Å². The van der Waals surface area contributed by atoms with Crippen molar-refractivity contribution in [2.24, 2.45) is 5.92 Å². The largest absolute Gasteiger partial charge is 0.481 e. The summed E-state index contributed by atoms with van der Waals surface area (Å²) in [4.78, 5) is 10.4. The minimum atomic E-state index is -0.769. The fourth-order valence-corrected chi connectivity index (χ4v) is 1.28. The van der Waals surface area contributed by atoms with Crippen LogP contribution in [-0.4, -0.2) is 31.1 Å². The molecule has 0 aromatic rings. The summed E-state index contributed by atoms with van der Waals surface area (Å²) >= 11 is 0. The van der Waals surface area contributed by atoms with Gasteiger partial charge in [-0.05, 0) is 0 Å². The molecular formula is C7H12O4. The van der Waals surface area contributed by atoms with E-state index in [1.54, 1.807) is 0 Å². The maximum Gasteiger partial charge on any atom is 0.306 e. The van der Waals surface area contributed by atoms with E-state index in [4.69, 9.17) is 14.6 Å². The van der Waals surface area contributed by atoms with E-state index in [1.807, 2.05) is 0 Å². The third-order valence-corrected chi connectivity index (χ3v) is 2.21. The Morgan fingerprint density at radius 2 is 1.91 bits per heavy atom. The van der Waals surface area contributed by atoms with Gasteiger partial charge in [0.1, 0.15) is 0 Å².